The molecule has 0 radical (unpaired) electrons. The summed E-state index contributed by atoms with van der Waals surface area (Å²) < 4.78 is 5.48. The highest BCUT2D eigenvalue weighted by Crippen LogP contribution is 2.24. The summed E-state index contributed by atoms with van der Waals surface area (Å²) in [6.45, 7) is 1.50. The lowest BCUT2D eigenvalue weighted by Crippen LogP contribution is -2.37. The van der Waals surface area contributed by atoms with Gasteiger partial charge in [-0.3, -0.25) is 9.59 Å². The van der Waals surface area contributed by atoms with Crippen LogP contribution in [0.2, 0.25) is 0 Å². The molecule has 0 aliphatic rings. The molecule has 6 nitrogen and oxygen atoms in total. The van der Waals surface area contributed by atoms with Gasteiger partial charge in [-0.2, -0.15) is 0 Å². The van der Waals surface area contributed by atoms with E-state index in [1.807, 2.05) is 6.26 Å². The predicted molar refractivity (Wildman–Crippen MR) is 67.3 cm³/mol. The highest BCUT2D eigenvalue weighted by molar-refractivity contribution is 8.76. The van der Waals surface area contributed by atoms with Crippen LogP contribution in [0, 0.1) is 0 Å². The van der Waals surface area contributed by atoms with Crippen molar-refractivity contribution in [1.82, 2.24) is 9.55 Å². The SMILES string of the molecule is CCOC(=O)Cn1c(=O)cc(SSC)[nH]c1=O. The van der Waals surface area contributed by atoms with E-state index in [1.165, 1.54) is 27.7 Å². The summed E-state index contributed by atoms with van der Waals surface area (Å²) in [4.78, 5) is 36.8. The molecule has 0 aliphatic carbocycles. The van der Waals surface area contributed by atoms with Gasteiger partial charge in [0, 0.05) is 6.07 Å². The first-order valence-electron chi connectivity index (χ1n) is 4.79. The molecule has 0 amide bonds. The summed E-state index contributed by atoms with van der Waals surface area (Å²) in [5.41, 5.74) is -1.12. The summed E-state index contributed by atoms with van der Waals surface area (Å²) in [7, 11) is 2.68. The molecule has 0 spiro atoms. The van der Waals surface area contributed by atoms with Gasteiger partial charge >= 0.3 is 11.7 Å². The zero-order valence-corrected chi connectivity index (χ0v) is 11.0. The Kier molecular flexibility index (Phi) is 5.36. The van der Waals surface area contributed by atoms with Crippen molar-refractivity contribution in [1.29, 1.82) is 0 Å². The first-order chi connectivity index (χ1) is 8.08. The van der Waals surface area contributed by atoms with E-state index in [4.69, 9.17) is 0 Å². The second-order valence-corrected chi connectivity index (χ2v) is 5.36. The molecule has 1 heterocycles. The van der Waals surface area contributed by atoms with Crippen LogP contribution in [-0.4, -0.2) is 28.4 Å². The first-order valence-corrected chi connectivity index (χ1v) is 7.34. The molecule has 17 heavy (non-hydrogen) atoms. The molecule has 0 saturated carbocycles. The number of carbonyl (C=O) groups is 1. The quantitative estimate of drug-likeness (QED) is 0.478. The third kappa shape index (κ3) is 3.97. The molecule has 0 aromatic carbocycles. The minimum atomic E-state index is -0.609. The van der Waals surface area contributed by atoms with Gasteiger partial charge in [0.1, 0.15) is 6.54 Å². The van der Waals surface area contributed by atoms with Crippen LogP contribution in [0.1, 0.15) is 6.92 Å². The Labute approximate surface area is 105 Å². The molecule has 1 aromatic rings. The van der Waals surface area contributed by atoms with Gasteiger partial charge in [0.05, 0.1) is 11.6 Å². The Morgan fingerprint density at radius 3 is 2.76 bits per heavy atom. The molecule has 0 aliphatic heterocycles. The molecule has 8 heteroatoms. The number of hydrogen-bond donors (Lipinski definition) is 1. The van der Waals surface area contributed by atoms with E-state index in [9.17, 15) is 14.4 Å². The number of nitrogens with zero attached hydrogens (tertiary/aromatic N) is 1. The van der Waals surface area contributed by atoms with Gasteiger partial charge in [-0.1, -0.05) is 10.8 Å². The highest BCUT2D eigenvalue weighted by atomic mass is 33.1. The van der Waals surface area contributed by atoms with Crippen LogP contribution in [0.4, 0.5) is 0 Å². The molecular weight excluding hydrogens is 264 g/mol. The normalized spacial score (nSPS) is 10.2. The van der Waals surface area contributed by atoms with Crippen molar-refractivity contribution in [3.63, 3.8) is 0 Å². The lowest BCUT2D eigenvalue weighted by Gasteiger charge is -2.05. The molecule has 0 unspecified atom stereocenters. The van der Waals surface area contributed by atoms with Gasteiger partial charge < -0.3 is 9.72 Å². The average molecular weight is 276 g/mol. The Hall–Kier alpha value is -1.15. The van der Waals surface area contributed by atoms with Crippen LogP contribution in [0.3, 0.4) is 0 Å². The molecule has 1 rings (SSSR count). The van der Waals surface area contributed by atoms with E-state index in [1.54, 1.807) is 6.92 Å². The summed E-state index contributed by atoms with van der Waals surface area (Å²) in [5.74, 6) is -0.606. The zero-order valence-electron chi connectivity index (χ0n) is 9.39. The molecular formula is C9H12N2O4S2. The van der Waals surface area contributed by atoms with E-state index < -0.39 is 17.2 Å². The van der Waals surface area contributed by atoms with Crippen LogP contribution in [-0.2, 0) is 16.1 Å². The Balaban J connectivity index is 2.98. The lowest BCUT2D eigenvalue weighted by molar-refractivity contribution is -0.143. The monoisotopic (exact) mass is 276 g/mol. The second-order valence-electron chi connectivity index (χ2n) is 2.92. The van der Waals surface area contributed by atoms with E-state index in [0.717, 1.165) is 4.57 Å². The fourth-order valence-corrected chi connectivity index (χ4v) is 2.38. The molecule has 0 bridgehead atoms. The average Bonchev–Trinajstić information content (AvgIpc) is 2.24. The van der Waals surface area contributed by atoms with Crippen molar-refractivity contribution in [3.05, 3.63) is 26.9 Å². The smallest absolute Gasteiger partial charge is 0.329 e. The summed E-state index contributed by atoms with van der Waals surface area (Å²) in [5, 5.41) is 0.465. The van der Waals surface area contributed by atoms with Gasteiger partial charge in [-0.25, -0.2) is 9.36 Å². The summed E-state index contributed by atoms with van der Waals surface area (Å²) >= 11 is 0. The van der Waals surface area contributed by atoms with Crippen molar-refractivity contribution >= 4 is 27.6 Å². The standard InChI is InChI=1S/C9H12N2O4S2/c1-3-15-8(13)5-11-7(12)4-6(17-16-2)10-9(11)14/h4H,3,5H2,1-2H3,(H,10,14). The number of esters is 1. The van der Waals surface area contributed by atoms with Crippen LogP contribution in [0.5, 0.6) is 0 Å². The van der Waals surface area contributed by atoms with Crippen molar-refractivity contribution < 1.29 is 9.53 Å². The third-order valence-electron chi connectivity index (χ3n) is 1.76. The second kappa shape index (κ2) is 6.55. The van der Waals surface area contributed by atoms with E-state index >= 15 is 0 Å². The minimum absolute atomic E-state index is 0.214. The highest BCUT2D eigenvalue weighted by Gasteiger charge is 2.09. The van der Waals surface area contributed by atoms with Gasteiger partial charge in [-0.05, 0) is 24.0 Å². The number of hydrogen-bond acceptors (Lipinski definition) is 6. The van der Waals surface area contributed by atoms with Gasteiger partial charge in [-0.15, -0.1) is 0 Å². The fourth-order valence-electron chi connectivity index (χ4n) is 1.12. The minimum Gasteiger partial charge on any atom is -0.465 e. The molecule has 0 atom stereocenters. The first kappa shape index (κ1) is 13.9. The number of ether oxygens (including phenoxy) is 1. The van der Waals surface area contributed by atoms with E-state index in [-0.39, 0.29) is 13.2 Å². The van der Waals surface area contributed by atoms with Gasteiger partial charge in [0.25, 0.3) is 5.56 Å². The number of H-pyrrole nitrogens is 1. The maximum Gasteiger partial charge on any atom is 0.329 e. The summed E-state index contributed by atoms with van der Waals surface area (Å²) in [6, 6.07) is 1.28. The Morgan fingerprint density at radius 2 is 2.24 bits per heavy atom. The van der Waals surface area contributed by atoms with E-state index in [2.05, 4.69) is 9.72 Å². The van der Waals surface area contributed by atoms with Crippen LogP contribution in [0.25, 0.3) is 0 Å². The lowest BCUT2D eigenvalue weighted by atomic mass is 10.5. The number of nitrogens with one attached hydrogen (secondary N) is 1. The molecule has 1 N–H and O–H groups in total. The Bertz CT molecular complexity index is 477. The summed E-state index contributed by atoms with van der Waals surface area (Å²) in [6.07, 6.45) is 1.83. The zero-order chi connectivity index (χ0) is 12.8. The topological polar surface area (TPSA) is 81.2 Å². The number of carbonyl (C=O) groups excluding carboxylic acids is 1. The van der Waals surface area contributed by atoms with Gasteiger partial charge in [0.2, 0.25) is 0 Å². The van der Waals surface area contributed by atoms with Crippen LogP contribution >= 0.6 is 21.6 Å². The maximum absolute atomic E-state index is 11.6. The van der Waals surface area contributed by atoms with Crippen molar-refractivity contribution in [2.45, 2.75) is 18.5 Å². The van der Waals surface area contributed by atoms with Crippen molar-refractivity contribution in [2.24, 2.45) is 0 Å². The van der Waals surface area contributed by atoms with Crippen LogP contribution < -0.4 is 11.2 Å². The third-order valence-corrected chi connectivity index (χ3v) is 3.37. The van der Waals surface area contributed by atoms with Crippen molar-refractivity contribution in [3.8, 4) is 0 Å². The predicted octanol–water partition coefficient (Wildman–Crippen LogP) is 0.470. The van der Waals surface area contributed by atoms with Crippen LogP contribution in [0.15, 0.2) is 20.7 Å². The van der Waals surface area contributed by atoms with Crippen molar-refractivity contribution in [2.75, 3.05) is 12.9 Å². The molecule has 0 saturated heterocycles. The number of aromatic amines is 1. The van der Waals surface area contributed by atoms with Gasteiger partial charge in [0.15, 0.2) is 0 Å². The molecule has 94 valence electrons. The maximum atomic E-state index is 11.6. The molecule has 0 fully saturated rings. The van der Waals surface area contributed by atoms with E-state index in [0.29, 0.717) is 5.03 Å². The fraction of sp³-hybridized carbons (Fsp3) is 0.444. The largest absolute Gasteiger partial charge is 0.465 e. The number of rotatable bonds is 5. The number of aromatic nitrogens is 2. The Morgan fingerprint density at radius 1 is 1.53 bits per heavy atom. The molecule has 1 aromatic heterocycles.